The number of amides is 1. The molecule has 1 aliphatic carbocycles. The number of hydrogen-bond acceptors (Lipinski definition) is 3. The zero-order chi connectivity index (χ0) is 17.4. The monoisotopic (exact) mass is 412 g/mol. The summed E-state index contributed by atoms with van der Waals surface area (Å²) in [7, 11) is 0. The van der Waals surface area contributed by atoms with E-state index >= 15 is 0 Å². The van der Waals surface area contributed by atoms with Gasteiger partial charge in [-0.3, -0.25) is 4.79 Å². The highest BCUT2D eigenvalue weighted by molar-refractivity contribution is 5.85. The van der Waals surface area contributed by atoms with Crippen molar-refractivity contribution in [3.05, 3.63) is 30.1 Å². The first-order valence-corrected chi connectivity index (χ1v) is 9.55. The smallest absolute Gasteiger partial charge is 0.223 e. The third-order valence-electron chi connectivity index (χ3n) is 5.94. The number of nitrogens with zero attached hydrogens (tertiary/aromatic N) is 2. The Labute approximate surface area is 173 Å². The molecule has 4 rings (SSSR count). The van der Waals surface area contributed by atoms with Crippen LogP contribution in [0.3, 0.4) is 0 Å². The van der Waals surface area contributed by atoms with Crippen LogP contribution in [0.15, 0.2) is 24.3 Å². The van der Waals surface area contributed by atoms with Crippen LogP contribution in [0, 0.1) is 11.3 Å². The van der Waals surface area contributed by atoms with Gasteiger partial charge in [-0.2, -0.15) is 0 Å². The molecule has 150 valence electrons. The minimum atomic E-state index is 0. The van der Waals surface area contributed by atoms with Crippen LogP contribution in [0.25, 0.3) is 11.0 Å². The van der Waals surface area contributed by atoms with E-state index in [1.165, 1.54) is 5.52 Å². The standard InChI is InChI=1S/C20H28N4O.2ClH/c1-14(2)24-17-6-4-3-5-16(17)23-18(24)7-10-22-19(25)15-13-20(15)8-11-21-12-9-20;;/h3-6,14-15,21H,7-13H2,1-2H3,(H,22,25);2*1H. The number of para-hydroxylation sites is 2. The van der Waals surface area contributed by atoms with E-state index in [0.717, 1.165) is 50.1 Å². The van der Waals surface area contributed by atoms with E-state index in [1.54, 1.807) is 0 Å². The zero-order valence-corrected chi connectivity index (χ0v) is 17.7. The number of carbonyl (C=O) groups excluding carboxylic acids is 1. The molecular weight excluding hydrogens is 383 g/mol. The average Bonchev–Trinajstić information content (AvgIpc) is 3.15. The number of piperidine rings is 1. The normalized spacial score (nSPS) is 20.2. The predicted octanol–water partition coefficient (Wildman–Crippen LogP) is 3.51. The summed E-state index contributed by atoms with van der Waals surface area (Å²) in [5.74, 6) is 1.54. The maximum Gasteiger partial charge on any atom is 0.223 e. The van der Waals surface area contributed by atoms with E-state index in [9.17, 15) is 4.79 Å². The molecular formula is C20H30Cl2N4O. The fourth-order valence-electron chi connectivity index (χ4n) is 4.46. The Balaban J connectivity index is 0.00000131. The SMILES string of the molecule is CC(C)n1c(CCNC(=O)C2CC23CCNCC3)nc2ccccc21.Cl.Cl. The molecule has 7 heteroatoms. The van der Waals surface area contributed by atoms with Gasteiger partial charge in [-0.1, -0.05) is 12.1 Å². The fourth-order valence-corrected chi connectivity index (χ4v) is 4.46. The molecule has 0 radical (unpaired) electrons. The van der Waals surface area contributed by atoms with Crippen molar-refractivity contribution in [3.8, 4) is 0 Å². The topological polar surface area (TPSA) is 59.0 Å². The summed E-state index contributed by atoms with van der Waals surface area (Å²) in [5, 5.41) is 6.55. The molecule has 27 heavy (non-hydrogen) atoms. The molecule has 2 fully saturated rings. The van der Waals surface area contributed by atoms with E-state index in [0.29, 0.717) is 18.0 Å². The van der Waals surface area contributed by atoms with Gasteiger partial charge in [-0.05, 0) is 63.7 Å². The third kappa shape index (κ3) is 4.25. The van der Waals surface area contributed by atoms with Crippen molar-refractivity contribution in [1.29, 1.82) is 0 Å². The predicted molar refractivity (Wildman–Crippen MR) is 114 cm³/mol. The average molecular weight is 413 g/mol. The number of carbonyl (C=O) groups is 1. The quantitative estimate of drug-likeness (QED) is 0.789. The molecule has 0 bridgehead atoms. The summed E-state index contributed by atoms with van der Waals surface area (Å²) >= 11 is 0. The number of fused-ring (bicyclic) bond motifs is 1. The molecule has 1 atom stereocenters. The van der Waals surface area contributed by atoms with Crippen LogP contribution in [0.4, 0.5) is 0 Å². The van der Waals surface area contributed by atoms with Crippen molar-refractivity contribution in [2.24, 2.45) is 11.3 Å². The number of rotatable bonds is 5. The number of hydrogen-bond donors (Lipinski definition) is 2. The Morgan fingerprint density at radius 3 is 2.70 bits per heavy atom. The van der Waals surface area contributed by atoms with Gasteiger partial charge >= 0.3 is 0 Å². The molecule has 2 aromatic rings. The van der Waals surface area contributed by atoms with Gasteiger partial charge in [0.25, 0.3) is 0 Å². The van der Waals surface area contributed by atoms with Crippen molar-refractivity contribution < 1.29 is 4.79 Å². The molecule has 2 N–H and O–H groups in total. The Kier molecular flexibility index (Phi) is 7.17. The highest BCUT2D eigenvalue weighted by atomic mass is 35.5. The lowest BCUT2D eigenvalue weighted by Gasteiger charge is -2.23. The van der Waals surface area contributed by atoms with Gasteiger partial charge in [0.2, 0.25) is 5.91 Å². The summed E-state index contributed by atoms with van der Waals surface area (Å²) in [6.45, 7) is 7.15. The van der Waals surface area contributed by atoms with Gasteiger partial charge in [0.1, 0.15) is 5.82 Å². The van der Waals surface area contributed by atoms with Gasteiger partial charge in [0, 0.05) is 24.9 Å². The molecule has 1 saturated heterocycles. The number of imidazole rings is 1. The summed E-state index contributed by atoms with van der Waals surface area (Å²) in [5.41, 5.74) is 2.52. The second kappa shape index (κ2) is 8.80. The van der Waals surface area contributed by atoms with E-state index in [2.05, 4.69) is 47.2 Å². The maximum atomic E-state index is 12.5. The van der Waals surface area contributed by atoms with Gasteiger partial charge in [-0.15, -0.1) is 24.8 Å². The summed E-state index contributed by atoms with van der Waals surface area (Å²) < 4.78 is 2.28. The van der Waals surface area contributed by atoms with Crippen LogP contribution in [-0.4, -0.2) is 35.1 Å². The Bertz CT molecular complexity index is 783. The van der Waals surface area contributed by atoms with Crippen molar-refractivity contribution in [2.45, 2.75) is 45.6 Å². The van der Waals surface area contributed by atoms with Crippen molar-refractivity contribution in [3.63, 3.8) is 0 Å². The van der Waals surface area contributed by atoms with Gasteiger partial charge < -0.3 is 15.2 Å². The first-order valence-electron chi connectivity index (χ1n) is 9.55. The molecule has 1 aliphatic heterocycles. The lowest BCUT2D eigenvalue weighted by atomic mass is 9.92. The first kappa shape index (κ1) is 22.0. The second-order valence-electron chi connectivity index (χ2n) is 7.89. The van der Waals surface area contributed by atoms with Crippen LogP contribution >= 0.6 is 24.8 Å². The largest absolute Gasteiger partial charge is 0.355 e. The second-order valence-corrected chi connectivity index (χ2v) is 7.89. The third-order valence-corrected chi connectivity index (χ3v) is 5.94. The molecule has 1 unspecified atom stereocenters. The Hall–Kier alpha value is -1.30. The summed E-state index contributed by atoms with van der Waals surface area (Å²) in [6.07, 6.45) is 4.15. The number of halogens is 2. The summed E-state index contributed by atoms with van der Waals surface area (Å²) in [4.78, 5) is 17.3. The molecule has 5 nitrogen and oxygen atoms in total. The van der Waals surface area contributed by atoms with Crippen LogP contribution in [0.5, 0.6) is 0 Å². The van der Waals surface area contributed by atoms with E-state index < -0.39 is 0 Å². The van der Waals surface area contributed by atoms with Crippen LogP contribution in [0.1, 0.15) is 45.0 Å². The Morgan fingerprint density at radius 2 is 2.00 bits per heavy atom. The molecule has 1 aromatic carbocycles. The van der Waals surface area contributed by atoms with Crippen molar-refractivity contribution in [2.75, 3.05) is 19.6 Å². The van der Waals surface area contributed by atoms with Gasteiger partial charge in [0.05, 0.1) is 11.0 Å². The first-order chi connectivity index (χ1) is 12.1. The highest BCUT2D eigenvalue weighted by Gasteiger charge is 2.57. The van der Waals surface area contributed by atoms with E-state index in [-0.39, 0.29) is 36.6 Å². The van der Waals surface area contributed by atoms with E-state index in [4.69, 9.17) is 4.98 Å². The number of nitrogens with one attached hydrogen (secondary N) is 2. The highest BCUT2D eigenvalue weighted by Crippen LogP contribution is 2.58. The van der Waals surface area contributed by atoms with Gasteiger partial charge in [0.15, 0.2) is 0 Å². The van der Waals surface area contributed by atoms with Crippen LogP contribution in [-0.2, 0) is 11.2 Å². The maximum absolute atomic E-state index is 12.5. The minimum Gasteiger partial charge on any atom is -0.355 e. The molecule has 2 heterocycles. The number of benzene rings is 1. The Morgan fingerprint density at radius 1 is 1.30 bits per heavy atom. The minimum absolute atomic E-state index is 0. The van der Waals surface area contributed by atoms with Crippen molar-refractivity contribution in [1.82, 2.24) is 20.2 Å². The number of aromatic nitrogens is 2. The van der Waals surface area contributed by atoms with Crippen LogP contribution in [0.2, 0.25) is 0 Å². The zero-order valence-electron chi connectivity index (χ0n) is 16.0. The molecule has 1 saturated carbocycles. The lowest BCUT2D eigenvalue weighted by molar-refractivity contribution is -0.123. The molecule has 1 amide bonds. The van der Waals surface area contributed by atoms with Gasteiger partial charge in [-0.25, -0.2) is 4.98 Å². The van der Waals surface area contributed by atoms with E-state index in [1.807, 2.05) is 6.07 Å². The van der Waals surface area contributed by atoms with Crippen molar-refractivity contribution >= 4 is 41.8 Å². The molecule has 2 aliphatic rings. The molecule has 1 spiro atoms. The van der Waals surface area contributed by atoms with Crippen LogP contribution < -0.4 is 10.6 Å². The lowest BCUT2D eigenvalue weighted by Crippen LogP contribution is -2.34. The summed E-state index contributed by atoms with van der Waals surface area (Å²) in [6, 6.07) is 8.62. The fraction of sp³-hybridized carbons (Fsp3) is 0.600. The molecule has 1 aromatic heterocycles.